The average molecular weight is 221 g/mol. The second-order valence-corrected chi connectivity index (χ2v) is 3.58. The molecule has 0 fully saturated rings. The van der Waals surface area contributed by atoms with Crippen LogP contribution in [0.2, 0.25) is 0 Å². The molecule has 0 aliphatic carbocycles. The Morgan fingerprint density at radius 2 is 1.82 bits per heavy atom. The molecule has 0 aromatic carbocycles. The molecule has 0 saturated carbocycles. The standard InChI is InChI=1S/C8H13BrO2/c1-3-8(4-2,6-11)7(9)5-10/h5-7H,3-4H2,1-2H3. The maximum atomic E-state index is 10.7. The Labute approximate surface area is 75.5 Å². The van der Waals surface area contributed by atoms with Gasteiger partial charge in [0.05, 0.1) is 4.83 Å². The van der Waals surface area contributed by atoms with Gasteiger partial charge in [0, 0.05) is 5.41 Å². The van der Waals surface area contributed by atoms with Crippen LogP contribution in [0.3, 0.4) is 0 Å². The molecule has 0 aliphatic heterocycles. The molecule has 0 bridgehead atoms. The molecule has 0 saturated heterocycles. The number of aldehydes is 2. The van der Waals surface area contributed by atoms with Gasteiger partial charge in [0.2, 0.25) is 0 Å². The van der Waals surface area contributed by atoms with E-state index in [0.717, 1.165) is 12.6 Å². The highest BCUT2D eigenvalue weighted by atomic mass is 79.9. The van der Waals surface area contributed by atoms with E-state index in [1.165, 1.54) is 0 Å². The van der Waals surface area contributed by atoms with Crippen LogP contribution in [0, 0.1) is 5.41 Å². The molecule has 0 rings (SSSR count). The van der Waals surface area contributed by atoms with Crippen molar-refractivity contribution in [2.45, 2.75) is 31.5 Å². The lowest BCUT2D eigenvalue weighted by Gasteiger charge is -2.26. The minimum Gasteiger partial charge on any atom is -0.303 e. The lowest BCUT2D eigenvalue weighted by atomic mass is 9.81. The van der Waals surface area contributed by atoms with Crippen molar-refractivity contribution < 1.29 is 9.59 Å². The van der Waals surface area contributed by atoms with Crippen molar-refractivity contribution in [1.82, 2.24) is 0 Å². The smallest absolute Gasteiger partial charge is 0.134 e. The first-order valence-corrected chi connectivity index (χ1v) is 4.64. The topological polar surface area (TPSA) is 34.1 Å². The zero-order chi connectivity index (χ0) is 8.91. The van der Waals surface area contributed by atoms with Gasteiger partial charge in [-0.15, -0.1) is 0 Å². The van der Waals surface area contributed by atoms with E-state index in [4.69, 9.17) is 0 Å². The Balaban J connectivity index is 4.51. The van der Waals surface area contributed by atoms with Crippen molar-refractivity contribution in [3.05, 3.63) is 0 Å². The summed E-state index contributed by atoms with van der Waals surface area (Å²) in [6, 6.07) is 0. The predicted octanol–water partition coefficient (Wildman–Crippen LogP) is 1.95. The van der Waals surface area contributed by atoms with E-state index in [1.54, 1.807) is 0 Å². The van der Waals surface area contributed by atoms with Crippen molar-refractivity contribution >= 4 is 28.5 Å². The van der Waals surface area contributed by atoms with Gasteiger partial charge in [-0.3, -0.25) is 0 Å². The maximum absolute atomic E-state index is 10.7. The summed E-state index contributed by atoms with van der Waals surface area (Å²) in [5.74, 6) is 0. The second-order valence-electron chi connectivity index (χ2n) is 2.60. The summed E-state index contributed by atoms with van der Waals surface area (Å²) >= 11 is 3.18. The lowest BCUT2D eigenvalue weighted by Crippen LogP contribution is -2.32. The van der Waals surface area contributed by atoms with Crippen molar-refractivity contribution in [1.29, 1.82) is 0 Å². The first kappa shape index (κ1) is 10.8. The fraction of sp³-hybridized carbons (Fsp3) is 0.750. The number of hydrogen-bond donors (Lipinski definition) is 0. The van der Waals surface area contributed by atoms with Gasteiger partial charge < -0.3 is 9.59 Å². The van der Waals surface area contributed by atoms with Gasteiger partial charge in [-0.25, -0.2) is 0 Å². The summed E-state index contributed by atoms with van der Waals surface area (Å²) in [5.41, 5.74) is -0.498. The van der Waals surface area contributed by atoms with E-state index in [0.29, 0.717) is 12.8 Å². The molecule has 2 nitrogen and oxygen atoms in total. The van der Waals surface area contributed by atoms with Gasteiger partial charge >= 0.3 is 0 Å². The van der Waals surface area contributed by atoms with Crippen LogP contribution >= 0.6 is 15.9 Å². The first-order valence-electron chi connectivity index (χ1n) is 3.72. The molecule has 1 atom stereocenters. The number of carbonyl (C=O) groups excluding carboxylic acids is 2. The van der Waals surface area contributed by atoms with E-state index < -0.39 is 5.41 Å². The van der Waals surface area contributed by atoms with Crippen LogP contribution in [0.1, 0.15) is 26.7 Å². The van der Waals surface area contributed by atoms with E-state index in [9.17, 15) is 9.59 Å². The van der Waals surface area contributed by atoms with Gasteiger partial charge in [0.25, 0.3) is 0 Å². The second kappa shape index (κ2) is 4.65. The fourth-order valence-corrected chi connectivity index (χ4v) is 1.76. The highest BCUT2D eigenvalue weighted by Crippen LogP contribution is 2.31. The Morgan fingerprint density at radius 1 is 1.36 bits per heavy atom. The van der Waals surface area contributed by atoms with Gasteiger partial charge in [-0.2, -0.15) is 0 Å². The predicted molar refractivity (Wildman–Crippen MR) is 47.9 cm³/mol. The minimum absolute atomic E-state index is 0.345. The Morgan fingerprint density at radius 3 is 1.91 bits per heavy atom. The van der Waals surface area contributed by atoms with Gasteiger partial charge in [-0.1, -0.05) is 29.8 Å². The van der Waals surface area contributed by atoms with Crippen molar-refractivity contribution in [2.24, 2.45) is 5.41 Å². The molecule has 0 aromatic rings. The third-order valence-electron chi connectivity index (χ3n) is 2.22. The fourth-order valence-electron chi connectivity index (χ4n) is 1.01. The maximum Gasteiger partial charge on any atom is 0.134 e. The Bertz CT molecular complexity index is 141. The first-order chi connectivity index (χ1) is 5.16. The largest absolute Gasteiger partial charge is 0.303 e. The molecule has 0 N–H and O–H groups in total. The zero-order valence-corrected chi connectivity index (χ0v) is 8.43. The number of rotatable bonds is 5. The molecule has 1 unspecified atom stereocenters. The van der Waals surface area contributed by atoms with Gasteiger partial charge in [-0.05, 0) is 12.8 Å². The van der Waals surface area contributed by atoms with Crippen molar-refractivity contribution in [3.8, 4) is 0 Å². The number of hydrogen-bond acceptors (Lipinski definition) is 2. The number of carbonyl (C=O) groups is 2. The molecule has 0 heterocycles. The van der Waals surface area contributed by atoms with Crippen LogP contribution in [0.15, 0.2) is 0 Å². The summed E-state index contributed by atoms with van der Waals surface area (Å²) in [5, 5.41) is 0. The summed E-state index contributed by atoms with van der Waals surface area (Å²) in [6.07, 6.45) is 3.05. The monoisotopic (exact) mass is 220 g/mol. The molecular weight excluding hydrogens is 208 g/mol. The lowest BCUT2D eigenvalue weighted by molar-refractivity contribution is -0.120. The average Bonchev–Trinajstić information content (AvgIpc) is 2.08. The molecule has 3 heteroatoms. The summed E-state index contributed by atoms with van der Waals surface area (Å²) < 4.78 is 0. The van der Waals surface area contributed by atoms with Crippen molar-refractivity contribution in [3.63, 3.8) is 0 Å². The summed E-state index contributed by atoms with van der Waals surface area (Å²) in [7, 11) is 0. The number of alkyl halides is 1. The molecule has 11 heavy (non-hydrogen) atoms. The highest BCUT2D eigenvalue weighted by molar-refractivity contribution is 9.10. The zero-order valence-electron chi connectivity index (χ0n) is 6.84. The number of halogens is 1. The van der Waals surface area contributed by atoms with E-state index >= 15 is 0 Å². The third kappa shape index (κ3) is 2.12. The van der Waals surface area contributed by atoms with E-state index in [-0.39, 0.29) is 4.83 Å². The molecule has 0 aliphatic rings. The van der Waals surface area contributed by atoms with Crippen LogP contribution in [0.4, 0.5) is 0 Å². The quantitative estimate of drug-likeness (QED) is 0.525. The van der Waals surface area contributed by atoms with E-state index in [1.807, 2.05) is 13.8 Å². The molecular formula is C8H13BrO2. The summed E-state index contributed by atoms with van der Waals surface area (Å²) in [4.78, 5) is 20.8. The normalized spacial score (nSPS) is 14.1. The van der Waals surface area contributed by atoms with Gasteiger partial charge in [0.15, 0.2) is 0 Å². The third-order valence-corrected chi connectivity index (χ3v) is 3.35. The SMILES string of the molecule is CCC(C=O)(CC)C(Br)C=O. The Kier molecular flexibility index (Phi) is 4.57. The van der Waals surface area contributed by atoms with Crippen LogP contribution in [0.25, 0.3) is 0 Å². The van der Waals surface area contributed by atoms with Crippen LogP contribution < -0.4 is 0 Å². The van der Waals surface area contributed by atoms with Crippen molar-refractivity contribution in [2.75, 3.05) is 0 Å². The molecule has 0 aromatic heterocycles. The molecule has 0 radical (unpaired) electrons. The Hall–Kier alpha value is -0.180. The van der Waals surface area contributed by atoms with Crippen LogP contribution in [-0.4, -0.2) is 17.4 Å². The van der Waals surface area contributed by atoms with Crippen LogP contribution in [0.5, 0.6) is 0 Å². The highest BCUT2D eigenvalue weighted by Gasteiger charge is 2.33. The molecule has 64 valence electrons. The molecule has 0 amide bonds. The van der Waals surface area contributed by atoms with Gasteiger partial charge in [0.1, 0.15) is 12.6 Å². The summed E-state index contributed by atoms with van der Waals surface area (Å²) in [6.45, 7) is 3.82. The van der Waals surface area contributed by atoms with E-state index in [2.05, 4.69) is 15.9 Å². The molecule has 0 spiro atoms. The van der Waals surface area contributed by atoms with Crippen LogP contribution in [-0.2, 0) is 9.59 Å². The minimum atomic E-state index is -0.498.